The van der Waals surface area contributed by atoms with Crippen molar-refractivity contribution in [3.8, 4) is 0 Å². The van der Waals surface area contributed by atoms with E-state index in [2.05, 4.69) is 26.1 Å². The number of amides is 2. The molecule has 1 unspecified atom stereocenters. The molecule has 134 valence electrons. The fourth-order valence-electron chi connectivity index (χ4n) is 2.58. The van der Waals surface area contributed by atoms with Crippen molar-refractivity contribution >= 4 is 15.6 Å². The van der Waals surface area contributed by atoms with Gasteiger partial charge in [0.15, 0.2) is 0 Å². The smallest absolute Gasteiger partial charge is 0.317 e. The van der Waals surface area contributed by atoms with E-state index in [-0.39, 0.29) is 11.9 Å². The van der Waals surface area contributed by atoms with Crippen molar-refractivity contribution in [3.05, 3.63) is 0 Å². The van der Waals surface area contributed by atoms with Crippen LogP contribution in [0.1, 0.15) is 59.3 Å². The molecule has 0 aromatic heterocycles. The predicted molar refractivity (Wildman–Crippen MR) is 94.9 cm³/mol. The normalized spacial score (nSPS) is 16.2. The van der Waals surface area contributed by atoms with E-state index in [1.54, 1.807) is 0 Å². The van der Waals surface area contributed by atoms with E-state index in [0.717, 1.165) is 52.1 Å². The SMILES string of the molecule is CCCCC(CCN1CCNC1=O)[Si]C(OCCC)OCCC. The van der Waals surface area contributed by atoms with Crippen LogP contribution < -0.4 is 5.32 Å². The summed E-state index contributed by atoms with van der Waals surface area (Å²) in [5.74, 6) is -0.0656. The molecule has 1 atom stereocenters. The van der Waals surface area contributed by atoms with Gasteiger partial charge in [-0.2, -0.15) is 0 Å². The zero-order valence-electron chi connectivity index (χ0n) is 15.1. The van der Waals surface area contributed by atoms with Gasteiger partial charge in [0.1, 0.15) is 15.4 Å². The van der Waals surface area contributed by atoms with Crippen LogP contribution in [0.25, 0.3) is 0 Å². The summed E-state index contributed by atoms with van der Waals surface area (Å²) >= 11 is 0. The van der Waals surface area contributed by atoms with E-state index in [1.807, 2.05) is 4.90 Å². The van der Waals surface area contributed by atoms with Crippen LogP contribution in [0.4, 0.5) is 4.79 Å². The van der Waals surface area contributed by atoms with Crippen LogP contribution >= 0.6 is 0 Å². The summed E-state index contributed by atoms with van der Waals surface area (Å²) in [4.78, 5) is 13.6. The molecule has 1 aliphatic rings. The third-order valence-electron chi connectivity index (χ3n) is 3.92. The lowest BCUT2D eigenvalue weighted by molar-refractivity contribution is -0.0912. The molecule has 1 fully saturated rings. The number of nitrogens with one attached hydrogen (secondary N) is 1. The van der Waals surface area contributed by atoms with Crippen LogP contribution in [0, 0.1) is 0 Å². The molecule has 2 radical (unpaired) electrons. The van der Waals surface area contributed by atoms with Crippen molar-refractivity contribution in [1.82, 2.24) is 10.2 Å². The standard InChI is InChI=1S/C17H34N2O3Si/c1-4-7-8-15(9-11-19-12-10-18-16(19)20)23-17(21-13-5-2)22-14-6-3/h15,17H,4-14H2,1-3H3,(H,18,20). The fraction of sp³-hybridized carbons (Fsp3) is 0.941. The lowest BCUT2D eigenvalue weighted by Crippen LogP contribution is -2.33. The first kappa shape index (κ1) is 20.5. The number of unbranched alkanes of at least 4 members (excludes halogenated alkanes) is 1. The van der Waals surface area contributed by atoms with E-state index in [1.165, 1.54) is 19.3 Å². The van der Waals surface area contributed by atoms with E-state index >= 15 is 0 Å². The number of ether oxygens (including phenoxy) is 2. The molecule has 0 saturated carbocycles. The van der Waals surface area contributed by atoms with Crippen molar-refractivity contribution in [1.29, 1.82) is 0 Å². The lowest BCUT2D eigenvalue weighted by Gasteiger charge is -2.25. The van der Waals surface area contributed by atoms with Gasteiger partial charge in [0.2, 0.25) is 0 Å². The molecule has 1 rings (SSSR count). The molecule has 1 heterocycles. The quantitative estimate of drug-likeness (QED) is 0.389. The third-order valence-corrected chi connectivity index (χ3v) is 5.57. The van der Waals surface area contributed by atoms with Crippen LogP contribution in [-0.4, -0.2) is 59.2 Å². The molecular formula is C17H34N2O3Si. The van der Waals surface area contributed by atoms with Gasteiger partial charge in [0.25, 0.3) is 0 Å². The van der Waals surface area contributed by atoms with Gasteiger partial charge in [-0.15, -0.1) is 0 Å². The van der Waals surface area contributed by atoms with Crippen LogP contribution in [0.2, 0.25) is 5.54 Å². The molecule has 0 aliphatic carbocycles. The molecule has 5 nitrogen and oxygen atoms in total. The van der Waals surface area contributed by atoms with Gasteiger partial charge in [0.05, 0.1) is 0 Å². The van der Waals surface area contributed by atoms with Crippen molar-refractivity contribution in [2.75, 3.05) is 32.8 Å². The minimum atomic E-state index is -0.0656. The monoisotopic (exact) mass is 342 g/mol. The van der Waals surface area contributed by atoms with Crippen LogP contribution in [0.3, 0.4) is 0 Å². The minimum Gasteiger partial charge on any atom is -0.357 e. The Bertz CT molecular complexity index is 310. The van der Waals surface area contributed by atoms with Gasteiger partial charge in [0, 0.05) is 32.8 Å². The summed E-state index contributed by atoms with van der Waals surface area (Å²) in [6.07, 6.45) is 6.73. The van der Waals surface area contributed by atoms with Crippen molar-refractivity contribution in [3.63, 3.8) is 0 Å². The molecule has 0 aromatic carbocycles. The highest BCUT2D eigenvalue weighted by Crippen LogP contribution is 2.21. The van der Waals surface area contributed by atoms with Crippen LogP contribution in [0.5, 0.6) is 0 Å². The summed E-state index contributed by atoms with van der Waals surface area (Å²) in [6, 6.07) is 0.0867. The lowest BCUT2D eigenvalue weighted by atomic mass is 10.1. The van der Waals surface area contributed by atoms with Gasteiger partial charge in [-0.25, -0.2) is 4.79 Å². The molecule has 23 heavy (non-hydrogen) atoms. The molecule has 0 bridgehead atoms. The topological polar surface area (TPSA) is 50.8 Å². The highest BCUT2D eigenvalue weighted by atomic mass is 28.2. The zero-order valence-corrected chi connectivity index (χ0v) is 16.1. The average molecular weight is 343 g/mol. The second-order valence-electron chi connectivity index (χ2n) is 6.09. The number of carbonyl (C=O) groups excluding carboxylic acids is 1. The molecule has 1 N–H and O–H groups in total. The maximum Gasteiger partial charge on any atom is 0.317 e. The third kappa shape index (κ3) is 8.72. The Morgan fingerprint density at radius 3 is 2.35 bits per heavy atom. The molecular weight excluding hydrogens is 308 g/mol. The summed E-state index contributed by atoms with van der Waals surface area (Å²) in [5, 5.41) is 2.87. The Labute approximate surface area is 144 Å². The van der Waals surface area contributed by atoms with Gasteiger partial charge in [-0.1, -0.05) is 40.0 Å². The first-order chi connectivity index (χ1) is 11.2. The average Bonchev–Trinajstić information content (AvgIpc) is 2.97. The van der Waals surface area contributed by atoms with Crippen LogP contribution in [0.15, 0.2) is 0 Å². The molecule has 0 spiro atoms. The number of nitrogens with zero attached hydrogens (tertiary/aromatic N) is 1. The van der Waals surface area contributed by atoms with E-state index in [9.17, 15) is 4.79 Å². The number of urea groups is 1. The Hall–Kier alpha value is -0.593. The number of hydrogen-bond donors (Lipinski definition) is 1. The minimum absolute atomic E-state index is 0.0656. The first-order valence-electron chi connectivity index (χ1n) is 9.23. The van der Waals surface area contributed by atoms with Gasteiger partial charge in [-0.05, 0) is 24.8 Å². The van der Waals surface area contributed by atoms with E-state index < -0.39 is 0 Å². The van der Waals surface area contributed by atoms with Crippen molar-refractivity contribution < 1.29 is 14.3 Å². The maximum absolute atomic E-state index is 11.7. The summed E-state index contributed by atoms with van der Waals surface area (Å²) in [6.45, 7) is 10.5. The molecule has 1 saturated heterocycles. The highest BCUT2D eigenvalue weighted by molar-refractivity contribution is 6.38. The molecule has 1 aliphatic heterocycles. The van der Waals surface area contributed by atoms with Gasteiger partial charge in [-0.3, -0.25) is 0 Å². The predicted octanol–water partition coefficient (Wildman–Crippen LogP) is 3.22. The number of carbonyl (C=O) groups is 1. The Balaban J connectivity index is 2.46. The fourth-order valence-corrected chi connectivity index (χ4v) is 4.06. The van der Waals surface area contributed by atoms with Gasteiger partial charge < -0.3 is 19.7 Å². The largest absolute Gasteiger partial charge is 0.357 e. The maximum atomic E-state index is 11.7. The second-order valence-corrected chi connectivity index (χ2v) is 7.71. The Morgan fingerprint density at radius 2 is 1.83 bits per heavy atom. The summed E-state index contributed by atoms with van der Waals surface area (Å²) in [7, 11) is 0.656. The number of rotatable bonds is 14. The van der Waals surface area contributed by atoms with E-state index in [0.29, 0.717) is 15.1 Å². The Morgan fingerprint density at radius 1 is 1.13 bits per heavy atom. The number of hydrogen-bond acceptors (Lipinski definition) is 3. The zero-order chi connectivity index (χ0) is 16.9. The van der Waals surface area contributed by atoms with E-state index in [4.69, 9.17) is 9.47 Å². The summed E-state index contributed by atoms with van der Waals surface area (Å²) < 4.78 is 11.8. The van der Waals surface area contributed by atoms with Crippen molar-refractivity contribution in [2.24, 2.45) is 0 Å². The Kier molecular flexibility index (Phi) is 11.4. The first-order valence-corrected chi connectivity index (χ1v) is 10.4. The van der Waals surface area contributed by atoms with Gasteiger partial charge >= 0.3 is 6.03 Å². The summed E-state index contributed by atoms with van der Waals surface area (Å²) in [5.41, 5.74) is 0.585. The molecule has 0 aromatic rings. The van der Waals surface area contributed by atoms with Crippen LogP contribution in [-0.2, 0) is 9.47 Å². The highest BCUT2D eigenvalue weighted by Gasteiger charge is 2.23. The van der Waals surface area contributed by atoms with Crippen molar-refractivity contribution in [2.45, 2.75) is 70.8 Å². The molecule has 6 heteroatoms. The second kappa shape index (κ2) is 12.8. The molecule has 2 amide bonds.